The lowest BCUT2D eigenvalue weighted by molar-refractivity contribution is -0.145. The van der Waals surface area contributed by atoms with Gasteiger partial charge in [-0.05, 0) is 44.2 Å². The van der Waals surface area contributed by atoms with Crippen molar-refractivity contribution in [2.24, 2.45) is 0 Å². The van der Waals surface area contributed by atoms with Crippen molar-refractivity contribution in [1.82, 2.24) is 0 Å². The van der Waals surface area contributed by atoms with Crippen molar-refractivity contribution in [2.75, 3.05) is 18.5 Å². The van der Waals surface area contributed by atoms with Crippen LogP contribution in [0.5, 0.6) is 11.5 Å². The summed E-state index contributed by atoms with van der Waals surface area (Å²) in [6.07, 6.45) is -0.724. The van der Waals surface area contributed by atoms with E-state index in [1.807, 2.05) is 0 Å². The average molecular weight is 378 g/mol. The Morgan fingerprint density at radius 1 is 1.12 bits per heavy atom. The van der Waals surface area contributed by atoms with Gasteiger partial charge in [-0.3, -0.25) is 4.79 Å². The van der Waals surface area contributed by atoms with Gasteiger partial charge in [0.25, 0.3) is 5.91 Å². The predicted molar refractivity (Wildman–Crippen MR) is 98.7 cm³/mol. The highest BCUT2D eigenvalue weighted by atomic mass is 35.5. The molecule has 0 radical (unpaired) electrons. The number of halogens is 1. The highest BCUT2D eigenvalue weighted by molar-refractivity contribution is 6.30. The van der Waals surface area contributed by atoms with Crippen LogP contribution in [0.2, 0.25) is 5.02 Å². The fraction of sp³-hybridized carbons (Fsp3) is 0.263. The molecule has 0 aliphatic carbocycles. The molecule has 2 aromatic carbocycles. The summed E-state index contributed by atoms with van der Waals surface area (Å²) in [6.45, 7) is 3.46. The van der Waals surface area contributed by atoms with Crippen LogP contribution in [-0.4, -0.2) is 31.2 Å². The summed E-state index contributed by atoms with van der Waals surface area (Å²) in [6, 6.07) is 13.5. The van der Waals surface area contributed by atoms with Crippen LogP contribution in [-0.2, 0) is 14.3 Å². The van der Waals surface area contributed by atoms with Crippen molar-refractivity contribution in [2.45, 2.75) is 20.0 Å². The number of esters is 1. The van der Waals surface area contributed by atoms with Crippen LogP contribution in [0.15, 0.2) is 48.5 Å². The molecule has 0 saturated carbocycles. The maximum Gasteiger partial charge on any atom is 0.344 e. The fourth-order valence-corrected chi connectivity index (χ4v) is 2.23. The van der Waals surface area contributed by atoms with Crippen molar-refractivity contribution in [1.29, 1.82) is 0 Å². The van der Waals surface area contributed by atoms with Crippen molar-refractivity contribution < 1.29 is 23.8 Å². The summed E-state index contributed by atoms with van der Waals surface area (Å²) in [5, 5.41) is 3.27. The van der Waals surface area contributed by atoms with E-state index in [0.29, 0.717) is 28.8 Å². The van der Waals surface area contributed by atoms with Gasteiger partial charge < -0.3 is 19.5 Å². The van der Waals surface area contributed by atoms with Gasteiger partial charge in [0.2, 0.25) is 0 Å². The van der Waals surface area contributed by atoms with Crippen LogP contribution in [0.4, 0.5) is 5.69 Å². The molecule has 1 atom stereocenters. The lowest BCUT2D eigenvalue weighted by Gasteiger charge is -2.15. The average Bonchev–Trinajstić information content (AvgIpc) is 2.60. The van der Waals surface area contributed by atoms with Gasteiger partial charge in [0.05, 0.1) is 6.61 Å². The van der Waals surface area contributed by atoms with E-state index in [1.165, 1.54) is 0 Å². The molecule has 0 saturated heterocycles. The van der Waals surface area contributed by atoms with Crippen LogP contribution < -0.4 is 14.8 Å². The zero-order valence-corrected chi connectivity index (χ0v) is 15.3. The number of hydrogen-bond donors (Lipinski definition) is 1. The number of nitrogens with one attached hydrogen (secondary N) is 1. The Kier molecular flexibility index (Phi) is 7.29. The van der Waals surface area contributed by atoms with Crippen molar-refractivity contribution in [3.8, 4) is 11.5 Å². The third-order valence-corrected chi connectivity index (χ3v) is 3.48. The molecule has 0 heterocycles. The molecule has 0 aliphatic heterocycles. The van der Waals surface area contributed by atoms with Crippen LogP contribution in [0.25, 0.3) is 0 Å². The highest BCUT2D eigenvalue weighted by Crippen LogP contribution is 2.20. The first kappa shape index (κ1) is 19.6. The lowest BCUT2D eigenvalue weighted by atomic mass is 10.2. The quantitative estimate of drug-likeness (QED) is 0.710. The first-order valence-electron chi connectivity index (χ1n) is 8.09. The van der Waals surface area contributed by atoms with Gasteiger partial charge in [0, 0.05) is 16.8 Å². The molecule has 0 aromatic heterocycles. The van der Waals surface area contributed by atoms with E-state index >= 15 is 0 Å². The molecule has 0 fully saturated rings. The second-order valence-corrected chi connectivity index (χ2v) is 5.76. The van der Waals surface area contributed by atoms with Crippen LogP contribution in [0, 0.1) is 0 Å². The summed E-state index contributed by atoms with van der Waals surface area (Å²) >= 11 is 5.90. The van der Waals surface area contributed by atoms with Crippen molar-refractivity contribution >= 4 is 29.2 Å². The molecule has 0 bridgehead atoms. The first-order chi connectivity index (χ1) is 12.5. The Labute approximate surface area is 157 Å². The van der Waals surface area contributed by atoms with E-state index in [2.05, 4.69) is 5.32 Å². The molecule has 1 N–H and O–H groups in total. The molecule has 0 aliphatic rings. The first-order valence-corrected chi connectivity index (χ1v) is 8.47. The third kappa shape index (κ3) is 6.29. The van der Waals surface area contributed by atoms with Gasteiger partial charge in [-0.2, -0.15) is 0 Å². The summed E-state index contributed by atoms with van der Waals surface area (Å²) in [5.74, 6) is 0.170. The normalized spacial score (nSPS) is 11.3. The lowest BCUT2D eigenvalue weighted by Crippen LogP contribution is -2.30. The van der Waals surface area contributed by atoms with E-state index < -0.39 is 12.1 Å². The predicted octanol–water partition coefficient (Wildman–Crippen LogP) is 3.69. The molecule has 2 aromatic rings. The summed E-state index contributed by atoms with van der Waals surface area (Å²) < 4.78 is 15.7. The maximum absolute atomic E-state index is 12.3. The van der Waals surface area contributed by atoms with Gasteiger partial charge >= 0.3 is 5.97 Å². The molecule has 2 rings (SSSR count). The molecular formula is C19H20ClNO5. The number of carbonyl (C=O) groups excluding carboxylic acids is 2. The number of hydrogen-bond acceptors (Lipinski definition) is 5. The SMILES string of the molecule is CCOC(=O)COc1cccc(NC(=O)C(C)Oc2cccc(Cl)c2)c1. The van der Waals surface area contributed by atoms with Gasteiger partial charge in [0.1, 0.15) is 11.5 Å². The molecular weight excluding hydrogens is 358 g/mol. The van der Waals surface area contributed by atoms with Gasteiger partial charge in [-0.1, -0.05) is 23.7 Å². The Morgan fingerprint density at radius 2 is 1.85 bits per heavy atom. The Balaban J connectivity index is 1.91. The van der Waals surface area contributed by atoms with Crippen LogP contribution in [0.3, 0.4) is 0 Å². The van der Waals surface area contributed by atoms with Gasteiger partial charge in [-0.25, -0.2) is 4.79 Å². The summed E-state index contributed by atoms with van der Waals surface area (Å²) in [5.41, 5.74) is 0.526. The fourth-order valence-electron chi connectivity index (χ4n) is 2.05. The number of amides is 1. The molecule has 1 unspecified atom stereocenters. The van der Waals surface area contributed by atoms with E-state index in [9.17, 15) is 9.59 Å². The summed E-state index contributed by atoms with van der Waals surface area (Å²) in [7, 11) is 0. The van der Waals surface area contributed by atoms with Crippen molar-refractivity contribution in [3.05, 3.63) is 53.6 Å². The van der Waals surface area contributed by atoms with Crippen LogP contribution >= 0.6 is 11.6 Å². The Bertz CT molecular complexity index is 765. The number of carbonyl (C=O) groups is 2. The standard InChI is InChI=1S/C19H20ClNO5/c1-3-24-18(22)12-25-16-8-5-7-15(11-16)21-19(23)13(2)26-17-9-4-6-14(20)10-17/h4-11,13H,3,12H2,1-2H3,(H,21,23). The van der Waals surface area contributed by atoms with E-state index in [-0.39, 0.29) is 12.5 Å². The zero-order chi connectivity index (χ0) is 18.9. The topological polar surface area (TPSA) is 73.9 Å². The minimum Gasteiger partial charge on any atom is -0.482 e. The van der Waals surface area contributed by atoms with Crippen molar-refractivity contribution in [3.63, 3.8) is 0 Å². The molecule has 1 amide bonds. The molecule has 7 heteroatoms. The molecule has 0 spiro atoms. The number of benzene rings is 2. The minimum atomic E-state index is -0.724. The highest BCUT2D eigenvalue weighted by Gasteiger charge is 2.15. The second kappa shape index (κ2) is 9.68. The Hall–Kier alpha value is -2.73. The van der Waals surface area contributed by atoms with Crippen LogP contribution in [0.1, 0.15) is 13.8 Å². The summed E-state index contributed by atoms with van der Waals surface area (Å²) in [4.78, 5) is 23.6. The van der Waals surface area contributed by atoms with E-state index in [4.69, 9.17) is 25.8 Å². The number of ether oxygens (including phenoxy) is 3. The molecule has 138 valence electrons. The van der Waals surface area contributed by atoms with E-state index in [0.717, 1.165) is 0 Å². The maximum atomic E-state index is 12.3. The smallest absolute Gasteiger partial charge is 0.344 e. The third-order valence-electron chi connectivity index (χ3n) is 3.24. The number of anilines is 1. The minimum absolute atomic E-state index is 0.195. The second-order valence-electron chi connectivity index (χ2n) is 5.33. The molecule has 26 heavy (non-hydrogen) atoms. The number of rotatable bonds is 8. The largest absolute Gasteiger partial charge is 0.482 e. The Morgan fingerprint density at radius 3 is 2.58 bits per heavy atom. The molecule has 6 nitrogen and oxygen atoms in total. The van der Waals surface area contributed by atoms with Gasteiger partial charge in [-0.15, -0.1) is 0 Å². The van der Waals surface area contributed by atoms with Gasteiger partial charge in [0.15, 0.2) is 12.7 Å². The monoisotopic (exact) mass is 377 g/mol. The zero-order valence-electron chi connectivity index (χ0n) is 14.5. The van der Waals surface area contributed by atoms with E-state index in [1.54, 1.807) is 62.4 Å².